The highest BCUT2D eigenvalue weighted by atomic mass is 16.6. The zero-order valence-corrected chi connectivity index (χ0v) is 16.0. The molecule has 3 rings (SSSR count). The summed E-state index contributed by atoms with van der Waals surface area (Å²) in [5, 5.41) is 13.4. The number of benzene rings is 3. The van der Waals surface area contributed by atoms with Crippen LogP contribution < -0.4 is 4.74 Å². The van der Waals surface area contributed by atoms with E-state index in [1.165, 1.54) is 5.56 Å². The van der Waals surface area contributed by atoms with Gasteiger partial charge in [0, 0.05) is 12.8 Å². The molecule has 148 valence electrons. The molecule has 0 spiro atoms. The number of carbonyl (C=O) groups is 1. The number of hydrogen-bond acceptors (Lipinski definition) is 4. The minimum atomic E-state index is -0.994. The average Bonchev–Trinajstić information content (AvgIpc) is 2.75. The Labute approximate surface area is 170 Å². The molecule has 0 fully saturated rings. The molecule has 0 radical (unpaired) electrons. The molecule has 29 heavy (non-hydrogen) atoms. The first kappa shape index (κ1) is 20.1. The van der Waals surface area contributed by atoms with Gasteiger partial charge in [0.25, 0.3) is 0 Å². The third-order valence-corrected chi connectivity index (χ3v) is 4.30. The van der Waals surface area contributed by atoms with Crippen molar-refractivity contribution in [2.24, 2.45) is 5.16 Å². The first-order valence-corrected chi connectivity index (χ1v) is 9.43. The van der Waals surface area contributed by atoms with Gasteiger partial charge >= 0.3 is 5.97 Å². The van der Waals surface area contributed by atoms with Gasteiger partial charge in [-0.1, -0.05) is 65.8 Å². The average molecular weight is 389 g/mol. The maximum atomic E-state index is 11.5. The number of carboxylic acid groups (broad SMARTS) is 1. The Kier molecular flexibility index (Phi) is 7.41. The monoisotopic (exact) mass is 389 g/mol. The van der Waals surface area contributed by atoms with Crippen LogP contribution in [-0.2, 0) is 22.5 Å². The maximum Gasteiger partial charge on any atom is 0.345 e. The van der Waals surface area contributed by atoms with Crippen molar-refractivity contribution in [2.75, 3.05) is 6.61 Å². The quantitative estimate of drug-likeness (QED) is 0.318. The second-order valence-electron chi connectivity index (χ2n) is 6.51. The summed E-state index contributed by atoms with van der Waals surface area (Å²) in [4.78, 5) is 16.8. The Balaban J connectivity index is 1.48. The lowest BCUT2D eigenvalue weighted by atomic mass is 10.1. The lowest BCUT2D eigenvalue weighted by Crippen LogP contribution is -2.29. The highest BCUT2D eigenvalue weighted by Gasteiger charge is 2.19. The van der Waals surface area contributed by atoms with E-state index in [0.717, 1.165) is 17.5 Å². The number of oxime groups is 1. The van der Waals surface area contributed by atoms with Crippen molar-refractivity contribution >= 4 is 12.2 Å². The first-order valence-electron chi connectivity index (χ1n) is 9.43. The lowest BCUT2D eigenvalue weighted by Gasteiger charge is -2.15. The van der Waals surface area contributed by atoms with Crippen molar-refractivity contribution in [3.63, 3.8) is 0 Å². The van der Waals surface area contributed by atoms with Gasteiger partial charge in [-0.25, -0.2) is 4.79 Å². The van der Waals surface area contributed by atoms with E-state index in [-0.39, 0.29) is 0 Å². The molecule has 0 saturated heterocycles. The zero-order chi connectivity index (χ0) is 20.3. The molecule has 5 nitrogen and oxygen atoms in total. The maximum absolute atomic E-state index is 11.5. The van der Waals surface area contributed by atoms with Crippen LogP contribution in [0.25, 0.3) is 0 Å². The van der Waals surface area contributed by atoms with Crippen LogP contribution in [-0.4, -0.2) is 30.0 Å². The van der Waals surface area contributed by atoms with Crippen molar-refractivity contribution in [1.29, 1.82) is 0 Å². The zero-order valence-electron chi connectivity index (χ0n) is 16.0. The second-order valence-corrected chi connectivity index (χ2v) is 6.51. The number of nitrogens with zero attached hydrogens (tertiary/aromatic N) is 1. The topological polar surface area (TPSA) is 68.1 Å². The van der Waals surface area contributed by atoms with E-state index >= 15 is 0 Å². The van der Waals surface area contributed by atoms with Gasteiger partial charge in [-0.2, -0.15) is 0 Å². The summed E-state index contributed by atoms with van der Waals surface area (Å²) >= 11 is 0. The van der Waals surface area contributed by atoms with E-state index in [4.69, 9.17) is 9.57 Å². The van der Waals surface area contributed by atoms with E-state index in [0.29, 0.717) is 18.8 Å². The van der Waals surface area contributed by atoms with Crippen molar-refractivity contribution in [3.05, 3.63) is 102 Å². The van der Waals surface area contributed by atoms with Crippen molar-refractivity contribution in [1.82, 2.24) is 0 Å². The Hall–Kier alpha value is -3.60. The number of ether oxygens (including phenoxy) is 1. The van der Waals surface area contributed by atoms with E-state index in [9.17, 15) is 9.90 Å². The summed E-state index contributed by atoms with van der Waals surface area (Å²) in [5.74, 6) is -0.498. The Bertz CT molecular complexity index is 909. The molecule has 0 aliphatic heterocycles. The van der Waals surface area contributed by atoms with E-state index in [1.807, 2.05) is 60.7 Å². The third kappa shape index (κ3) is 6.81. The predicted octanol–water partition coefficient (Wildman–Crippen LogP) is 4.35. The van der Waals surface area contributed by atoms with Crippen molar-refractivity contribution in [2.45, 2.75) is 18.9 Å². The smallest absolute Gasteiger partial charge is 0.345 e. The van der Waals surface area contributed by atoms with Crippen LogP contribution in [0.5, 0.6) is 5.75 Å². The summed E-state index contributed by atoms with van der Waals surface area (Å²) in [6.07, 6.45) is 1.77. The summed E-state index contributed by atoms with van der Waals surface area (Å²) in [6, 6.07) is 26.6. The van der Waals surface area contributed by atoms with Crippen LogP contribution in [0, 0.1) is 0 Å². The Morgan fingerprint density at radius 2 is 1.52 bits per heavy atom. The van der Waals surface area contributed by atoms with Crippen LogP contribution in [0.15, 0.2) is 90.1 Å². The summed E-state index contributed by atoms with van der Waals surface area (Å²) in [7, 11) is 0. The van der Waals surface area contributed by atoms with Gasteiger partial charge in [-0.05, 0) is 41.0 Å². The van der Waals surface area contributed by atoms with E-state index in [2.05, 4.69) is 5.16 Å². The highest BCUT2D eigenvalue weighted by Crippen LogP contribution is 2.16. The summed E-state index contributed by atoms with van der Waals surface area (Å²) < 4.78 is 5.65. The van der Waals surface area contributed by atoms with Crippen LogP contribution in [0.2, 0.25) is 0 Å². The molecule has 5 heteroatoms. The fraction of sp³-hybridized carbons (Fsp3) is 0.167. The number of carboxylic acids is 1. The van der Waals surface area contributed by atoms with Crippen LogP contribution >= 0.6 is 0 Å². The fourth-order valence-corrected chi connectivity index (χ4v) is 2.76. The standard InChI is InChI=1S/C24H23NO4/c26-24(27)23(17-20-9-5-2-6-10-20)29-22-13-11-21(12-14-22)18-25-28-16-15-19-7-3-1-4-8-19/h1-14,18,23H,15-17H2,(H,26,27)/b25-18+. The minimum Gasteiger partial charge on any atom is -0.478 e. The third-order valence-electron chi connectivity index (χ3n) is 4.30. The molecule has 0 aliphatic carbocycles. The predicted molar refractivity (Wildman–Crippen MR) is 112 cm³/mol. The SMILES string of the molecule is O=C(O)C(Cc1ccccc1)Oc1ccc(/C=N/OCCc2ccccc2)cc1. The summed E-state index contributed by atoms with van der Waals surface area (Å²) in [5.41, 5.74) is 2.95. The van der Waals surface area contributed by atoms with Crippen molar-refractivity contribution in [3.8, 4) is 5.75 Å². The van der Waals surface area contributed by atoms with Gasteiger partial charge in [0.1, 0.15) is 12.4 Å². The second kappa shape index (κ2) is 10.7. The molecular formula is C24H23NO4. The molecule has 0 amide bonds. The van der Waals surface area contributed by atoms with Gasteiger partial charge < -0.3 is 14.7 Å². The van der Waals surface area contributed by atoms with Crippen LogP contribution in [0.4, 0.5) is 0 Å². The highest BCUT2D eigenvalue weighted by molar-refractivity contribution is 5.79. The van der Waals surface area contributed by atoms with Gasteiger partial charge in [0.05, 0.1) is 6.21 Å². The largest absolute Gasteiger partial charge is 0.478 e. The molecule has 3 aromatic rings. The minimum absolute atomic E-state index is 0.300. The fourth-order valence-electron chi connectivity index (χ4n) is 2.76. The molecule has 0 heterocycles. The van der Waals surface area contributed by atoms with Crippen LogP contribution in [0.1, 0.15) is 16.7 Å². The number of rotatable bonds is 10. The Morgan fingerprint density at radius 1 is 0.897 bits per heavy atom. The molecule has 1 unspecified atom stereocenters. The number of aliphatic carboxylic acids is 1. The van der Waals surface area contributed by atoms with E-state index in [1.54, 1.807) is 30.5 Å². The molecule has 0 saturated carbocycles. The van der Waals surface area contributed by atoms with Gasteiger partial charge in [0.2, 0.25) is 0 Å². The normalized spacial score (nSPS) is 11.9. The molecule has 1 N–H and O–H groups in total. The molecule has 1 atom stereocenters. The van der Waals surface area contributed by atoms with E-state index < -0.39 is 12.1 Å². The number of hydrogen-bond donors (Lipinski definition) is 1. The summed E-state index contributed by atoms with van der Waals surface area (Å²) in [6.45, 7) is 0.501. The van der Waals surface area contributed by atoms with Gasteiger partial charge in [0.15, 0.2) is 6.10 Å². The first-order chi connectivity index (χ1) is 14.2. The van der Waals surface area contributed by atoms with Gasteiger partial charge in [-0.15, -0.1) is 0 Å². The van der Waals surface area contributed by atoms with Crippen LogP contribution in [0.3, 0.4) is 0 Å². The molecule has 3 aromatic carbocycles. The molecule has 0 aromatic heterocycles. The Morgan fingerprint density at radius 3 is 2.14 bits per heavy atom. The lowest BCUT2D eigenvalue weighted by molar-refractivity contribution is -0.145. The molecular weight excluding hydrogens is 366 g/mol. The van der Waals surface area contributed by atoms with Crippen molar-refractivity contribution < 1.29 is 19.5 Å². The molecule has 0 bridgehead atoms. The molecule has 0 aliphatic rings. The van der Waals surface area contributed by atoms with Gasteiger partial charge in [-0.3, -0.25) is 0 Å².